The predicted octanol–water partition coefficient (Wildman–Crippen LogP) is 3.20. The number of aryl methyl sites for hydroxylation is 3. The van der Waals surface area contributed by atoms with Crippen molar-refractivity contribution in [2.45, 2.75) is 44.6 Å². The van der Waals surface area contributed by atoms with Crippen LogP contribution in [0.3, 0.4) is 0 Å². The number of piperidine rings is 1. The highest BCUT2D eigenvalue weighted by Crippen LogP contribution is 2.27. The normalized spacial score (nSPS) is 19.4. The van der Waals surface area contributed by atoms with Crippen LogP contribution in [0, 0.1) is 26.7 Å². The fourth-order valence-corrected chi connectivity index (χ4v) is 6.63. The largest absolute Gasteiger partial charge is 0.379 e. The number of nitrogens with one attached hydrogen (secondary N) is 1. The lowest BCUT2D eigenvalue weighted by atomic mass is 9.96. The first-order chi connectivity index (χ1) is 16.7. The summed E-state index contributed by atoms with van der Waals surface area (Å²) in [7, 11) is -3.56. The van der Waals surface area contributed by atoms with E-state index in [2.05, 4.69) is 41.4 Å². The Balaban J connectivity index is 1.40. The van der Waals surface area contributed by atoms with Gasteiger partial charge in [-0.25, -0.2) is 8.42 Å². The first kappa shape index (κ1) is 25.8. The zero-order chi connectivity index (χ0) is 25.0. The SMILES string of the molecule is Cc1ccc([C@H](CN2CCOCC2)NC(=O)C2CCN(S(=O)(=O)c3ccc(C)cc3C)CC2)cc1. The van der Waals surface area contributed by atoms with Crippen LogP contribution >= 0.6 is 0 Å². The Morgan fingerprint density at radius 3 is 2.23 bits per heavy atom. The molecule has 8 heteroatoms. The quantitative estimate of drug-likeness (QED) is 0.633. The molecular weight excluding hydrogens is 462 g/mol. The van der Waals surface area contributed by atoms with Crippen LogP contribution in [-0.4, -0.2) is 69.5 Å². The van der Waals surface area contributed by atoms with Gasteiger partial charge in [-0.15, -0.1) is 0 Å². The van der Waals surface area contributed by atoms with Crippen molar-refractivity contribution < 1.29 is 17.9 Å². The van der Waals surface area contributed by atoms with Gasteiger partial charge in [-0.05, 0) is 50.8 Å². The summed E-state index contributed by atoms with van der Waals surface area (Å²) in [5.74, 6) is -0.189. The lowest BCUT2D eigenvalue weighted by Gasteiger charge is -2.34. The van der Waals surface area contributed by atoms with Crippen LogP contribution in [0.2, 0.25) is 0 Å². The molecule has 0 saturated carbocycles. The van der Waals surface area contributed by atoms with Crippen molar-refractivity contribution in [2.24, 2.45) is 5.92 Å². The first-order valence-electron chi connectivity index (χ1n) is 12.5. The minimum Gasteiger partial charge on any atom is -0.379 e. The van der Waals surface area contributed by atoms with Crippen LogP contribution in [0.1, 0.15) is 41.1 Å². The molecule has 35 heavy (non-hydrogen) atoms. The molecule has 1 amide bonds. The molecule has 0 spiro atoms. The van der Waals surface area contributed by atoms with Gasteiger partial charge in [0.1, 0.15) is 0 Å². The molecule has 4 rings (SSSR count). The maximum atomic E-state index is 13.3. The Kier molecular flexibility index (Phi) is 8.27. The fourth-order valence-electron chi connectivity index (χ4n) is 4.95. The van der Waals surface area contributed by atoms with Crippen molar-refractivity contribution >= 4 is 15.9 Å². The van der Waals surface area contributed by atoms with Gasteiger partial charge >= 0.3 is 0 Å². The number of sulfonamides is 1. The van der Waals surface area contributed by atoms with Crippen LogP contribution in [-0.2, 0) is 19.6 Å². The van der Waals surface area contributed by atoms with Crippen LogP contribution in [0.15, 0.2) is 47.4 Å². The monoisotopic (exact) mass is 499 g/mol. The molecule has 1 atom stereocenters. The fraction of sp³-hybridized carbons (Fsp3) is 0.519. The molecule has 7 nitrogen and oxygen atoms in total. The molecule has 2 aromatic carbocycles. The summed E-state index contributed by atoms with van der Waals surface area (Å²) in [5.41, 5.74) is 4.07. The van der Waals surface area contributed by atoms with Gasteiger partial charge in [-0.3, -0.25) is 9.69 Å². The number of benzene rings is 2. The summed E-state index contributed by atoms with van der Waals surface area (Å²) >= 11 is 0. The number of carbonyl (C=O) groups excluding carboxylic acids is 1. The highest BCUT2D eigenvalue weighted by atomic mass is 32.2. The molecule has 2 saturated heterocycles. The molecular formula is C27H37N3O4S. The highest BCUT2D eigenvalue weighted by molar-refractivity contribution is 7.89. The predicted molar refractivity (Wildman–Crippen MR) is 137 cm³/mol. The number of carbonyl (C=O) groups is 1. The molecule has 0 aromatic heterocycles. The van der Waals surface area contributed by atoms with Gasteiger partial charge in [0.15, 0.2) is 0 Å². The van der Waals surface area contributed by atoms with Gasteiger partial charge in [-0.2, -0.15) is 4.31 Å². The maximum absolute atomic E-state index is 13.3. The third kappa shape index (κ3) is 6.30. The zero-order valence-corrected chi connectivity index (χ0v) is 21.8. The van der Waals surface area contributed by atoms with E-state index in [0.717, 1.165) is 36.3 Å². The third-order valence-electron chi connectivity index (χ3n) is 7.11. The van der Waals surface area contributed by atoms with Crippen LogP contribution in [0.25, 0.3) is 0 Å². The summed E-state index contributed by atoms with van der Waals surface area (Å²) in [5, 5.41) is 3.28. The van der Waals surface area contributed by atoms with Gasteiger partial charge in [-0.1, -0.05) is 47.5 Å². The second-order valence-corrected chi connectivity index (χ2v) is 11.7. The van der Waals surface area contributed by atoms with Gasteiger partial charge in [0, 0.05) is 38.6 Å². The minimum atomic E-state index is -3.56. The molecule has 0 radical (unpaired) electrons. The second kappa shape index (κ2) is 11.2. The van der Waals surface area contributed by atoms with Crippen molar-refractivity contribution in [3.63, 3.8) is 0 Å². The number of hydrogen-bond donors (Lipinski definition) is 1. The lowest BCUT2D eigenvalue weighted by molar-refractivity contribution is -0.127. The molecule has 190 valence electrons. The van der Waals surface area contributed by atoms with Crippen LogP contribution < -0.4 is 5.32 Å². The molecule has 2 aromatic rings. The van der Waals surface area contributed by atoms with E-state index < -0.39 is 10.0 Å². The Morgan fingerprint density at radius 1 is 0.971 bits per heavy atom. The van der Waals surface area contributed by atoms with Crippen LogP contribution in [0.4, 0.5) is 0 Å². The molecule has 2 heterocycles. The topological polar surface area (TPSA) is 79.0 Å². The summed E-state index contributed by atoms with van der Waals surface area (Å²) in [6, 6.07) is 13.6. The van der Waals surface area contributed by atoms with Crippen molar-refractivity contribution in [2.75, 3.05) is 45.9 Å². The van der Waals surface area contributed by atoms with E-state index >= 15 is 0 Å². The summed E-state index contributed by atoms with van der Waals surface area (Å²) in [4.78, 5) is 16.0. The van der Waals surface area contributed by atoms with Crippen molar-refractivity contribution in [1.29, 1.82) is 0 Å². The molecule has 0 bridgehead atoms. The maximum Gasteiger partial charge on any atom is 0.243 e. The Morgan fingerprint density at radius 2 is 1.60 bits per heavy atom. The number of rotatable bonds is 7. The average molecular weight is 500 g/mol. The Hall–Kier alpha value is -2.26. The smallest absolute Gasteiger partial charge is 0.243 e. The third-order valence-corrected chi connectivity index (χ3v) is 9.17. The van der Waals surface area contributed by atoms with E-state index in [1.807, 2.05) is 26.0 Å². The van der Waals surface area contributed by atoms with E-state index in [9.17, 15) is 13.2 Å². The van der Waals surface area contributed by atoms with Gasteiger partial charge in [0.05, 0.1) is 24.2 Å². The summed E-state index contributed by atoms with van der Waals surface area (Å²) < 4.78 is 33.4. The van der Waals surface area contributed by atoms with E-state index in [1.165, 1.54) is 9.87 Å². The molecule has 2 aliphatic rings. The van der Waals surface area contributed by atoms with Gasteiger partial charge in [0.25, 0.3) is 0 Å². The number of ether oxygens (including phenoxy) is 1. The summed E-state index contributed by atoms with van der Waals surface area (Å²) in [6.45, 7) is 10.4. The second-order valence-electron chi connectivity index (χ2n) is 9.83. The van der Waals surface area contributed by atoms with Crippen molar-refractivity contribution in [1.82, 2.24) is 14.5 Å². The lowest BCUT2D eigenvalue weighted by Crippen LogP contribution is -2.46. The Bertz CT molecular complexity index is 1120. The van der Waals surface area contributed by atoms with Crippen LogP contribution in [0.5, 0.6) is 0 Å². The number of amides is 1. The first-order valence-corrected chi connectivity index (χ1v) is 13.9. The number of hydrogen-bond acceptors (Lipinski definition) is 5. The van der Waals surface area contributed by atoms with Gasteiger partial charge in [0.2, 0.25) is 15.9 Å². The molecule has 0 aliphatic carbocycles. The molecule has 1 N–H and O–H groups in total. The van der Waals surface area contributed by atoms with E-state index in [-0.39, 0.29) is 17.9 Å². The molecule has 2 aliphatic heterocycles. The van der Waals surface area contributed by atoms with E-state index in [1.54, 1.807) is 6.07 Å². The average Bonchev–Trinajstić information content (AvgIpc) is 2.84. The number of nitrogens with zero attached hydrogens (tertiary/aromatic N) is 2. The van der Waals surface area contributed by atoms with Crippen molar-refractivity contribution in [3.05, 3.63) is 64.7 Å². The van der Waals surface area contributed by atoms with E-state index in [4.69, 9.17) is 4.74 Å². The molecule has 0 unspecified atom stereocenters. The number of morpholine rings is 1. The minimum absolute atomic E-state index is 0.00685. The summed E-state index contributed by atoms with van der Waals surface area (Å²) in [6.07, 6.45) is 1.04. The Labute approximate surface area is 209 Å². The molecule has 2 fully saturated rings. The van der Waals surface area contributed by atoms with E-state index in [0.29, 0.717) is 44.0 Å². The standard InChI is InChI=1S/C27H37N3O4S/c1-20-4-7-23(8-5-20)25(19-29-14-16-34-17-15-29)28-27(31)24-10-12-30(13-11-24)35(32,33)26-9-6-21(2)18-22(26)3/h4-9,18,24-25H,10-17,19H2,1-3H3,(H,28,31)/t25-/m0/s1. The van der Waals surface area contributed by atoms with Crippen molar-refractivity contribution in [3.8, 4) is 0 Å². The zero-order valence-electron chi connectivity index (χ0n) is 21.0. The highest BCUT2D eigenvalue weighted by Gasteiger charge is 2.33. The van der Waals surface area contributed by atoms with Gasteiger partial charge < -0.3 is 10.1 Å².